The van der Waals surface area contributed by atoms with Crippen molar-refractivity contribution in [3.63, 3.8) is 0 Å². The summed E-state index contributed by atoms with van der Waals surface area (Å²) < 4.78 is 0. The van der Waals surface area contributed by atoms with Crippen molar-refractivity contribution in [3.8, 4) is 5.75 Å². The molecule has 4 rings (SSSR count). The number of carbonyl (C=O) groups excluding carboxylic acids is 2. The molecule has 0 aliphatic carbocycles. The molecule has 0 saturated carbocycles. The number of carbonyl (C=O) groups is 2. The molecule has 0 atom stereocenters. The van der Waals surface area contributed by atoms with E-state index in [2.05, 4.69) is 23.7 Å². The van der Waals surface area contributed by atoms with Crippen molar-refractivity contribution < 1.29 is 14.7 Å². The summed E-state index contributed by atoms with van der Waals surface area (Å²) in [4.78, 5) is 36.8. The van der Waals surface area contributed by atoms with E-state index in [1.165, 1.54) is 4.90 Å². The highest BCUT2D eigenvalue weighted by Gasteiger charge is 2.57. The number of rotatable bonds is 9. The van der Waals surface area contributed by atoms with Gasteiger partial charge in [0.2, 0.25) is 0 Å². The van der Waals surface area contributed by atoms with Crippen LogP contribution < -0.4 is 0 Å². The molecule has 1 aromatic carbocycles. The average Bonchev–Trinajstić information content (AvgIpc) is 3.03. The average molecular weight is 499 g/mol. The minimum absolute atomic E-state index is 0.0498. The first-order chi connectivity index (χ1) is 16.8. The zero-order chi connectivity index (χ0) is 25.0. The van der Waals surface area contributed by atoms with E-state index in [0.717, 1.165) is 30.4 Å². The maximum absolute atomic E-state index is 13.7. The maximum atomic E-state index is 13.7. The second-order valence-electron chi connectivity index (χ2n) is 10.1. The molecule has 7 nitrogen and oxygen atoms in total. The Morgan fingerprint density at radius 3 is 2.49 bits per heavy atom. The number of hydrogen-bond acceptors (Lipinski definition) is 5. The number of amides is 3. The third-order valence-electron chi connectivity index (χ3n) is 7.27. The molecule has 2 aliphatic rings. The van der Waals surface area contributed by atoms with Gasteiger partial charge in [0.1, 0.15) is 11.3 Å². The molecule has 1 N–H and O–H groups in total. The number of phenolic OH excluding ortho intramolecular Hbond substituents is 1. The predicted octanol–water partition coefficient (Wildman–Crippen LogP) is 4.72. The third-order valence-corrected chi connectivity index (χ3v) is 7.50. The second-order valence-corrected chi connectivity index (χ2v) is 10.5. The summed E-state index contributed by atoms with van der Waals surface area (Å²) in [5.74, 6) is 0.619. The number of benzene rings is 1. The molecule has 3 heterocycles. The molecule has 2 saturated heterocycles. The van der Waals surface area contributed by atoms with Gasteiger partial charge in [-0.05, 0) is 73.9 Å². The number of nitrogens with zero attached hydrogens (tertiary/aromatic N) is 4. The zero-order valence-corrected chi connectivity index (χ0v) is 21.4. The van der Waals surface area contributed by atoms with Crippen LogP contribution in [0, 0.1) is 5.92 Å². The molecule has 2 fully saturated rings. The Bertz CT molecular complexity index is 1040. The van der Waals surface area contributed by atoms with Gasteiger partial charge in [0, 0.05) is 55.7 Å². The van der Waals surface area contributed by atoms with Crippen LogP contribution in [-0.2, 0) is 17.8 Å². The second kappa shape index (κ2) is 11.0. The van der Waals surface area contributed by atoms with Gasteiger partial charge in [0.05, 0.1) is 0 Å². The highest BCUT2D eigenvalue weighted by molar-refractivity contribution is 6.30. The summed E-state index contributed by atoms with van der Waals surface area (Å²) >= 11 is 6.12. The summed E-state index contributed by atoms with van der Waals surface area (Å²) in [7, 11) is 0. The molecular weight excluding hydrogens is 464 g/mol. The normalized spacial score (nSPS) is 18.3. The number of hydrogen-bond donors (Lipinski definition) is 1. The highest BCUT2D eigenvalue weighted by Crippen LogP contribution is 2.38. The van der Waals surface area contributed by atoms with Gasteiger partial charge in [-0.25, -0.2) is 4.79 Å². The fourth-order valence-electron chi connectivity index (χ4n) is 5.15. The molecule has 188 valence electrons. The van der Waals surface area contributed by atoms with Crippen molar-refractivity contribution >= 4 is 23.5 Å². The lowest BCUT2D eigenvalue weighted by Gasteiger charge is -2.42. The van der Waals surface area contributed by atoms with E-state index in [9.17, 15) is 14.7 Å². The molecule has 35 heavy (non-hydrogen) atoms. The fourth-order valence-corrected chi connectivity index (χ4v) is 5.35. The van der Waals surface area contributed by atoms with Gasteiger partial charge in [0.15, 0.2) is 0 Å². The largest absolute Gasteiger partial charge is 0.508 e. The van der Waals surface area contributed by atoms with E-state index in [0.29, 0.717) is 56.5 Å². The van der Waals surface area contributed by atoms with Gasteiger partial charge in [-0.3, -0.25) is 19.6 Å². The number of phenols is 1. The van der Waals surface area contributed by atoms with E-state index >= 15 is 0 Å². The Morgan fingerprint density at radius 2 is 1.80 bits per heavy atom. The predicted molar refractivity (Wildman–Crippen MR) is 136 cm³/mol. The van der Waals surface area contributed by atoms with Crippen LogP contribution in [0.15, 0.2) is 42.7 Å². The minimum atomic E-state index is -0.768. The molecular formula is C27H35ClN4O3. The standard InChI is InChI=1S/C27H35ClN4O3/c1-20(2)9-15-32-26(35)31(14-3-4-21-7-12-29-13-8-21)25(34)27(32)10-16-30(17-11-27)19-22-18-23(28)5-6-24(22)33/h5-8,12-13,18,20,33H,3-4,9-11,14-17,19H2,1-2H3. The number of urea groups is 1. The molecule has 0 radical (unpaired) electrons. The number of halogens is 1. The highest BCUT2D eigenvalue weighted by atomic mass is 35.5. The maximum Gasteiger partial charge on any atom is 0.327 e. The molecule has 1 spiro atoms. The molecule has 0 unspecified atom stereocenters. The zero-order valence-electron chi connectivity index (χ0n) is 20.6. The van der Waals surface area contributed by atoms with Crippen LogP contribution in [-0.4, -0.2) is 68.4 Å². The quantitative estimate of drug-likeness (QED) is 0.506. The van der Waals surface area contributed by atoms with Crippen LogP contribution in [0.1, 0.15) is 50.7 Å². The van der Waals surface area contributed by atoms with Gasteiger partial charge in [0.25, 0.3) is 5.91 Å². The van der Waals surface area contributed by atoms with E-state index in [1.54, 1.807) is 30.6 Å². The minimum Gasteiger partial charge on any atom is -0.508 e. The Hall–Kier alpha value is -2.64. The fraction of sp³-hybridized carbons (Fsp3) is 0.519. The number of aryl methyl sites for hydroxylation is 1. The molecule has 1 aromatic heterocycles. The van der Waals surface area contributed by atoms with Crippen molar-refractivity contribution in [2.45, 2.75) is 58.0 Å². The summed E-state index contributed by atoms with van der Waals surface area (Å²) in [5, 5.41) is 10.8. The lowest BCUT2D eigenvalue weighted by atomic mass is 9.85. The summed E-state index contributed by atoms with van der Waals surface area (Å²) in [6, 6.07) is 8.86. The first kappa shape index (κ1) is 25.5. The first-order valence-corrected chi connectivity index (χ1v) is 12.9. The third kappa shape index (κ3) is 5.62. The van der Waals surface area contributed by atoms with Crippen molar-refractivity contribution in [1.29, 1.82) is 0 Å². The van der Waals surface area contributed by atoms with Gasteiger partial charge in [-0.2, -0.15) is 0 Å². The summed E-state index contributed by atoms with van der Waals surface area (Å²) in [6.45, 7) is 7.22. The van der Waals surface area contributed by atoms with Crippen LogP contribution in [0.2, 0.25) is 5.02 Å². The number of pyridine rings is 1. The van der Waals surface area contributed by atoms with Crippen molar-refractivity contribution in [1.82, 2.24) is 19.7 Å². The first-order valence-electron chi connectivity index (χ1n) is 12.5. The van der Waals surface area contributed by atoms with Crippen molar-refractivity contribution in [2.75, 3.05) is 26.2 Å². The summed E-state index contributed by atoms with van der Waals surface area (Å²) in [6.07, 6.45) is 7.12. The molecule has 2 aliphatic heterocycles. The SMILES string of the molecule is CC(C)CCN1C(=O)N(CCCc2ccncc2)C(=O)C12CCN(Cc1cc(Cl)ccc1O)CC2. The molecule has 8 heteroatoms. The Morgan fingerprint density at radius 1 is 1.09 bits per heavy atom. The van der Waals surface area contributed by atoms with Gasteiger partial charge in [-0.1, -0.05) is 25.4 Å². The van der Waals surface area contributed by atoms with Crippen LogP contribution >= 0.6 is 11.6 Å². The number of piperidine rings is 1. The van der Waals surface area contributed by atoms with E-state index < -0.39 is 5.54 Å². The van der Waals surface area contributed by atoms with Gasteiger partial charge in [-0.15, -0.1) is 0 Å². The number of imide groups is 1. The Balaban J connectivity index is 1.45. The molecule has 2 aromatic rings. The van der Waals surface area contributed by atoms with E-state index in [-0.39, 0.29) is 17.7 Å². The monoisotopic (exact) mass is 498 g/mol. The number of aromatic nitrogens is 1. The van der Waals surface area contributed by atoms with Crippen molar-refractivity contribution in [3.05, 3.63) is 58.9 Å². The van der Waals surface area contributed by atoms with Gasteiger partial charge < -0.3 is 10.0 Å². The van der Waals surface area contributed by atoms with Crippen LogP contribution in [0.25, 0.3) is 0 Å². The van der Waals surface area contributed by atoms with E-state index in [4.69, 9.17) is 11.6 Å². The van der Waals surface area contributed by atoms with Crippen LogP contribution in [0.3, 0.4) is 0 Å². The molecule has 3 amide bonds. The Labute approximate surface area is 212 Å². The Kier molecular flexibility index (Phi) is 7.97. The number of likely N-dealkylation sites (tertiary alicyclic amines) is 1. The lowest BCUT2D eigenvalue weighted by molar-refractivity contribution is -0.135. The lowest BCUT2D eigenvalue weighted by Crippen LogP contribution is -2.56. The van der Waals surface area contributed by atoms with Crippen molar-refractivity contribution in [2.24, 2.45) is 5.92 Å². The summed E-state index contributed by atoms with van der Waals surface area (Å²) in [5.41, 5.74) is 1.16. The van der Waals surface area contributed by atoms with Crippen LogP contribution in [0.5, 0.6) is 5.75 Å². The smallest absolute Gasteiger partial charge is 0.327 e. The molecule has 0 bridgehead atoms. The van der Waals surface area contributed by atoms with E-state index in [1.807, 2.05) is 17.0 Å². The topological polar surface area (TPSA) is 77.0 Å². The number of aromatic hydroxyl groups is 1. The van der Waals surface area contributed by atoms with Crippen LogP contribution in [0.4, 0.5) is 4.79 Å². The van der Waals surface area contributed by atoms with Gasteiger partial charge >= 0.3 is 6.03 Å².